The lowest BCUT2D eigenvalue weighted by molar-refractivity contribution is -0.122. The zero-order valence-electron chi connectivity index (χ0n) is 13.8. The summed E-state index contributed by atoms with van der Waals surface area (Å²) in [7, 11) is 0. The third kappa shape index (κ3) is 3.76. The quantitative estimate of drug-likeness (QED) is 0.689. The van der Waals surface area contributed by atoms with E-state index in [1.54, 1.807) is 11.0 Å². The molecule has 126 valence electrons. The first-order valence-electron chi connectivity index (χ1n) is 8.08. The zero-order chi connectivity index (χ0) is 16.9. The van der Waals surface area contributed by atoms with Gasteiger partial charge < -0.3 is 10.3 Å². The number of aromatic amines is 1. The molecule has 2 N–H and O–H groups in total. The van der Waals surface area contributed by atoms with E-state index >= 15 is 0 Å². The average molecular weight is 327 g/mol. The van der Waals surface area contributed by atoms with Crippen LogP contribution in [0.2, 0.25) is 0 Å². The van der Waals surface area contributed by atoms with Crippen molar-refractivity contribution < 1.29 is 4.79 Å². The number of hydrogen-bond acceptors (Lipinski definition) is 5. The molecule has 0 saturated heterocycles. The van der Waals surface area contributed by atoms with Crippen molar-refractivity contribution in [1.29, 1.82) is 0 Å². The number of nitrogens with zero attached hydrogens (tertiary/aromatic N) is 5. The van der Waals surface area contributed by atoms with Gasteiger partial charge in [0, 0.05) is 13.0 Å². The monoisotopic (exact) mass is 327 g/mol. The molecule has 24 heavy (non-hydrogen) atoms. The van der Waals surface area contributed by atoms with Crippen molar-refractivity contribution in [3.8, 4) is 0 Å². The van der Waals surface area contributed by atoms with Gasteiger partial charge in [-0.15, -0.1) is 5.10 Å². The Bertz CT molecular complexity index is 761. The molecule has 1 atom stereocenters. The third-order valence-corrected chi connectivity index (χ3v) is 3.87. The normalized spacial score (nSPS) is 12.6. The number of tetrazole rings is 1. The number of carbonyl (C=O) groups excluding carboxylic acids is 1. The molecule has 0 aliphatic heterocycles. The molecule has 1 aromatic carbocycles. The van der Waals surface area contributed by atoms with Crippen LogP contribution in [0, 0.1) is 5.92 Å². The van der Waals surface area contributed by atoms with Gasteiger partial charge in [-0.25, -0.2) is 9.67 Å². The second kappa shape index (κ2) is 7.20. The summed E-state index contributed by atoms with van der Waals surface area (Å²) in [4.78, 5) is 20.2. The Morgan fingerprint density at radius 1 is 1.33 bits per heavy atom. The first-order valence-corrected chi connectivity index (χ1v) is 8.08. The van der Waals surface area contributed by atoms with Crippen LogP contribution in [0.1, 0.15) is 38.6 Å². The number of H-pyrrole nitrogens is 1. The first kappa shape index (κ1) is 16.1. The minimum Gasteiger partial charge on any atom is -0.346 e. The van der Waals surface area contributed by atoms with E-state index in [1.165, 1.54) is 0 Å². The van der Waals surface area contributed by atoms with Crippen LogP contribution in [-0.4, -0.2) is 36.1 Å². The lowest BCUT2D eigenvalue weighted by Crippen LogP contribution is -2.32. The zero-order valence-corrected chi connectivity index (χ0v) is 13.8. The highest BCUT2D eigenvalue weighted by Gasteiger charge is 2.21. The maximum absolute atomic E-state index is 12.3. The van der Waals surface area contributed by atoms with Crippen LogP contribution < -0.4 is 5.32 Å². The van der Waals surface area contributed by atoms with Crippen LogP contribution in [0.3, 0.4) is 0 Å². The highest BCUT2D eigenvalue weighted by Crippen LogP contribution is 2.22. The fourth-order valence-electron chi connectivity index (χ4n) is 2.60. The van der Waals surface area contributed by atoms with Crippen LogP contribution in [0.25, 0.3) is 11.0 Å². The molecular weight excluding hydrogens is 306 g/mol. The van der Waals surface area contributed by atoms with Crippen molar-refractivity contribution in [3.05, 3.63) is 36.4 Å². The van der Waals surface area contributed by atoms with Gasteiger partial charge in [-0.05, 0) is 34.9 Å². The van der Waals surface area contributed by atoms with E-state index in [0.29, 0.717) is 19.4 Å². The molecule has 2 heterocycles. The Morgan fingerprint density at radius 3 is 2.88 bits per heavy atom. The number of hydrogen-bond donors (Lipinski definition) is 2. The molecule has 0 saturated carbocycles. The van der Waals surface area contributed by atoms with Gasteiger partial charge >= 0.3 is 0 Å². The van der Waals surface area contributed by atoms with Gasteiger partial charge in [0.2, 0.25) is 5.91 Å². The summed E-state index contributed by atoms with van der Waals surface area (Å²) < 4.78 is 1.62. The Morgan fingerprint density at radius 2 is 2.17 bits per heavy atom. The topological polar surface area (TPSA) is 101 Å². The number of carbonyl (C=O) groups is 1. The van der Waals surface area contributed by atoms with Gasteiger partial charge in [0.1, 0.15) is 12.2 Å². The second-order valence-corrected chi connectivity index (χ2v) is 6.10. The summed E-state index contributed by atoms with van der Waals surface area (Å²) in [6.07, 6.45) is 2.65. The summed E-state index contributed by atoms with van der Waals surface area (Å²) in [5, 5.41) is 14.0. The van der Waals surface area contributed by atoms with Crippen LogP contribution in [0.5, 0.6) is 0 Å². The number of para-hydroxylation sites is 2. The molecule has 0 fully saturated rings. The number of imidazole rings is 1. The highest BCUT2D eigenvalue weighted by molar-refractivity contribution is 5.77. The largest absolute Gasteiger partial charge is 0.346 e. The maximum atomic E-state index is 12.3. The molecule has 1 amide bonds. The number of amides is 1. The van der Waals surface area contributed by atoms with E-state index in [1.807, 2.05) is 24.3 Å². The van der Waals surface area contributed by atoms with Crippen LogP contribution >= 0.6 is 0 Å². The lowest BCUT2D eigenvalue weighted by Gasteiger charge is -2.20. The molecule has 0 bridgehead atoms. The van der Waals surface area contributed by atoms with E-state index in [0.717, 1.165) is 16.9 Å². The van der Waals surface area contributed by atoms with E-state index in [-0.39, 0.29) is 17.9 Å². The fourth-order valence-corrected chi connectivity index (χ4v) is 2.60. The third-order valence-electron chi connectivity index (χ3n) is 3.87. The van der Waals surface area contributed by atoms with Crippen molar-refractivity contribution in [3.63, 3.8) is 0 Å². The molecule has 0 aliphatic carbocycles. The minimum absolute atomic E-state index is 0.00207. The molecule has 0 spiro atoms. The molecule has 0 unspecified atom stereocenters. The van der Waals surface area contributed by atoms with E-state index < -0.39 is 0 Å². The Hall–Kier alpha value is -2.77. The Balaban J connectivity index is 1.61. The fraction of sp³-hybridized carbons (Fsp3) is 0.438. The van der Waals surface area contributed by atoms with Crippen molar-refractivity contribution in [2.45, 2.75) is 39.3 Å². The van der Waals surface area contributed by atoms with E-state index in [2.05, 4.69) is 44.7 Å². The summed E-state index contributed by atoms with van der Waals surface area (Å²) in [5.41, 5.74) is 1.89. The van der Waals surface area contributed by atoms with Gasteiger partial charge in [-0.1, -0.05) is 26.0 Å². The van der Waals surface area contributed by atoms with Crippen molar-refractivity contribution in [2.75, 3.05) is 0 Å². The standard InChI is InChI=1S/C16H21N7O/c1-11(2)15(16-18-12-6-3-4-7-13(12)19-16)20-14(24)8-5-9-23-10-17-21-22-23/h3-4,6-7,10-11,15H,5,8-9H2,1-2H3,(H,18,19)(H,20,24)/t15-/m0/s1. The van der Waals surface area contributed by atoms with E-state index in [4.69, 9.17) is 0 Å². The Labute approximate surface area is 139 Å². The van der Waals surface area contributed by atoms with Gasteiger partial charge in [-0.3, -0.25) is 4.79 Å². The number of rotatable bonds is 7. The first-order chi connectivity index (χ1) is 11.6. The molecule has 2 aromatic heterocycles. The number of aryl methyl sites for hydroxylation is 1. The second-order valence-electron chi connectivity index (χ2n) is 6.10. The molecule has 0 aliphatic rings. The summed E-state index contributed by atoms with van der Waals surface area (Å²) in [6.45, 7) is 4.76. The maximum Gasteiger partial charge on any atom is 0.220 e. The minimum atomic E-state index is -0.141. The van der Waals surface area contributed by atoms with E-state index in [9.17, 15) is 4.79 Å². The van der Waals surface area contributed by atoms with Crippen LogP contribution in [0.4, 0.5) is 0 Å². The Kier molecular flexibility index (Phi) is 4.83. The van der Waals surface area contributed by atoms with Gasteiger partial charge in [0.25, 0.3) is 0 Å². The number of benzene rings is 1. The van der Waals surface area contributed by atoms with Crippen molar-refractivity contribution in [1.82, 2.24) is 35.5 Å². The molecule has 3 aromatic rings. The SMILES string of the molecule is CC(C)[C@H](NC(=O)CCCn1cnnn1)c1nc2ccccc2[nH]1. The summed E-state index contributed by atoms with van der Waals surface area (Å²) in [6, 6.07) is 7.72. The summed E-state index contributed by atoms with van der Waals surface area (Å²) in [5.74, 6) is 1.02. The average Bonchev–Trinajstić information content (AvgIpc) is 3.21. The molecule has 8 heteroatoms. The highest BCUT2D eigenvalue weighted by atomic mass is 16.1. The smallest absolute Gasteiger partial charge is 0.220 e. The van der Waals surface area contributed by atoms with Crippen LogP contribution in [0.15, 0.2) is 30.6 Å². The van der Waals surface area contributed by atoms with Crippen LogP contribution in [-0.2, 0) is 11.3 Å². The number of fused-ring (bicyclic) bond motifs is 1. The molecular formula is C16H21N7O. The van der Waals surface area contributed by atoms with Crippen molar-refractivity contribution >= 4 is 16.9 Å². The predicted octanol–water partition coefficient (Wildman–Crippen LogP) is 1.84. The predicted molar refractivity (Wildman–Crippen MR) is 88.9 cm³/mol. The lowest BCUT2D eigenvalue weighted by atomic mass is 10.0. The van der Waals surface area contributed by atoms with Gasteiger partial charge in [0.15, 0.2) is 0 Å². The number of aromatic nitrogens is 6. The van der Waals surface area contributed by atoms with Gasteiger partial charge in [0.05, 0.1) is 17.1 Å². The molecule has 3 rings (SSSR count). The van der Waals surface area contributed by atoms with Crippen molar-refractivity contribution in [2.24, 2.45) is 5.92 Å². The molecule has 8 nitrogen and oxygen atoms in total. The molecule has 0 radical (unpaired) electrons. The summed E-state index contributed by atoms with van der Waals surface area (Å²) >= 11 is 0. The number of nitrogens with one attached hydrogen (secondary N) is 2. The van der Waals surface area contributed by atoms with Gasteiger partial charge in [-0.2, -0.15) is 0 Å².